The number of nitrogens with zero attached hydrogens (tertiary/aromatic N) is 1. The van der Waals surface area contributed by atoms with Crippen LogP contribution in [0.3, 0.4) is 0 Å². The zero-order valence-electron chi connectivity index (χ0n) is 30.6. The Kier molecular flexibility index (Phi) is 13.4. The fraction of sp³-hybridized carbons (Fsp3) is 0.190. The Morgan fingerprint density at radius 2 is 1.38 bits per heavy atom. The third-order valence-electron chi connectivity index (χ3n) is 8.34. The van der Waals surface area contributed by atoms with Crippen LogP contribution in [0.25, 0.3) is 11.1 Å². The van der Waals surface area contributed by atoms with E-state index in [0.29, 0.717) is 17.7 Å². The van der Waals surface area contributed by atoms with E-state index in [1.54, 1.807) is 48.5 Å². The lowest BCUT2D eigenvalue weighted by Gasteiger charge is -2.20. The van der Waals surface area contributed by atoms with Crippen molar-refractivity contribution in [3.63, 3.8) is 0 Å². The Bertz CT molecular complexity index is 2140. The van der Waals surface area contributed by atoms with Crippen molar-refractivity contribution >= 4 is 35.2 Å². The second-order valence-corrected chi connectivity index (χ2v) is 12.9. The largest absolute Gasteiger partial charge is 0.481 e. The van der Waals surface area contributed by atoms with Crippen molar-refractivity contribution in [2.75, 3.05) is 12.4 Å². The van der Waals surface area contributed by atoms with Crippen LogP contribution in [0.15, 0.2) is 115 Å². The zero-order valence-corrected chi connectivity index (χ0v) is 30.6. The van der Waals surface area contributed by atoms with Crippen molar-refractivity contribution in [3.8, 4) is 17.0 Å². The summed E-state index contributed by atoms with van der Waals surface area (Å²) < 4.78 is 11.0. The number of hydrogen-bond donors (Lipinski definition) is 5. The minimum absolute atomic E-state index is 0.0218. The van der Waals surface area contributed by atoms with Gasteiger partial charge >= 0.3 is 5.97 Å². The molecule has 0 spiro atoms. The number of carbonyl (C=O) groups excluding carboxylic acids is 4. The molecule has 0 aliphatic heterocycles. The summed E-state index contributed by atoms with van der Waals surface area (Å²) in [5.74, 6) is -2.47. The summed E-state index contributed by atoms with van der Waals surface area (Å²) >= 11 is 0. The molecule has 0 aliphatic carbocycles. The molecule has 0 bridgehead atoms. The molecule has 3 amide bonds. The molecule has 282 valence electrons. The number of amides is 3. The highest BCUT2D eigenvalue weighted by atomic mass is 16.7. The molecule has 13 heteroatoms. The van der Waals surface area contributed by atoms with Crippen LogP contribution in [-0.4, -0.2) is 47.7 Å². The third kappa shape index (κ3) is 10.8. The molecule has 1 aromatic heterocycles. The number of benzene rings is 4. The number of methoxy groups -OCH3 is 1. The molecule has 0 fully saturated rings. The SMILES string of the molecule is COc1ccc(-c2ccc(C(=O)N[C@@H](CC(C)C)C(=O)NOCc3ccccc3)cc2C(=O)OCc2ccccc2)c(C(=O)Nc2ccc(C(=N)N)cc2)n1. The van der Waals surface area contributed by atoms with E-state index in [1.165, 1.54) is 25.3 Å². The maximum Gasteiger partial charge on any atom is 0.339 e. The molecule has 55 heavy (non-hydrogen) atoms. The summed E-state index contributed by atoms with van der Waals surface area (Å²) in [5, 5.41) is 13.2. The molecule has 1 atom stereocenters. The summed E-state index contributed by atoms with van der Waals surface area (Å²) in [6.45, 7) is 3.92. The smallest absolute Gasteiger partial charge is 0.339 e. The molecule has 4 aromatic carbocycles. The van der Waals surface area contributed by atoms with E-state index in [9.17, 15) is 19.2 Å². The van der Waals surface area contributed by atoms with E-state index in [1.807, 2.05) is 62.4 Å². The molecular weight excluding hydrogens is 700 g/mol. The number of esters is 1. The van der Waals surface area contributed by atoms with Gasteiger partial charge in [-0.1, -0.05) is 80.6 Å². The van der Waals surface area contributed by atoms with Crippen LogP contribution in [0.5, 0.6) is 5.88 Å². The number of nitrogens with two attached hydrogens (primary N) is 1. The number of rotatable bonds is 16. The first-order valence-electron chi connectivity index (χ1n) is 17.4. The molecule has 0 radical (unpaired) electrons. The standard InChI is InChI=1S/C42H42N6O7/c1-26(2)22-35(40(50)48-55-25-28-12-8-5-9-13-28)46-39(49)30-16-19-32(34(23-30)42(52)54-24-27-10-6-4-7-11-27)33-20-21-36(53-3)47-37(33)41(51)45-31-17-14-29(15-18-31)38(43)44/h4-21,23,26,35H,22,24-25H2,1-3H3,(H3,43,44)(H,45,51)(H,46,49)(H,48,50)/t35-/m0/s1. The van der Waals surface area contributed by atoms with Crippen LogP contribution in [-0.2, 0) is 27.6 Å². The van der Waals surface area contributed by atoms with E-state index in [4.69, 9.17) is 25.5 Å². The van der Waals surface area contributed by atoms with Crippen molar-refractivity contribution in [3.05, 3.63) is 149 Å². The predicted octanol–water partition coefficient (Wildman–Crippen LogP) is 6.04. The number of aromatic nitrogens is 1. The van der Waals surface area contributed by atoms with E-state index in [2.05, 4.69) is 21.1 Å². The number of anilines is 1. The normalized spacial score (nSPS) is 11.3. The highest BCUT2D eigenvalue weighted by molar-refractivity contribution is 6.10. The summed E-state index contributed by atoms with van der Waals surface area (Å²) in [7, 11) is 1.41. The first-order valence-corrected chi connectivity index (χ1v) is 17.4. The Morgan fingerprint density at radius 3 is 2.00 bits per heavy atom. The molecule has 13 nitrogen and oxygen atoms in total. The quantitative estimate of drug-likeness (QED) is 0.0347. The van der Waals surface area contributed by atoms with Gasteiger partial charge in [-0.2, -0.15) is 0 Å². The van der Waals surface area contributed by atoms with Crippen LogP contribution in [0.2, 0.25) is 0 Å². The lowest BCUT2D eigenvalue weighted by Crippen LogP contribution is -2.47. The number of hydroxylamine groups is 1. The molecule has 6 N–H and O–H groups in total. The number of ether oxygens (including phenoxy) is 2. The van der Waals surface area contributed by atoms with Gasteiger partial charge in [-0.15, -0.1) is 0 Å². The molecule has 5 rings (SSSR count). The average molecular weight is 743 g/mol. The maximum absolute atomic E-state index is 13.9. The Hall–Kier alpha value is -6.86. The van der Waals surface area contributed by atoms with Crippen LogP contribution >= 0.6 is 0 Å². The fourth-order valence-electron chi connectivity index (χ4n) is 5.54. The van der Waals surface area contributed by atoms with E-state index >= 15 is 0 Å². The van der Waals surface area contributed by atoms with Crippen LogP contribution < -0.4 is 26.6 Å². The highest BCUT2D eigenvalue weighted by Crippen LogP contribution is 2.31. The predicted molar refractivity (Wildman–Crippen MR) is 207 cm³/mol. The zero-order chi connectivity index (χ0) is 39.3. The summed E-state index contributed by atoms with van der Waals surface area (Å²) in [4.78, 5) is 64.5. The second-order valence-electron chi connectivity index (χ2n) is 12.9. The molecular formula is C42H42N6O7. The molecule has 1 heterocycles. The van der Waals surface area contributed by atoms with Gasteiger partial charge in [-0.25, -0.2) is 15.3 Å². The van der Waals surface area contributed by atoms with Gasteiger partial charge in [-0.3, -0.25) is 24.6 Å². The Balaban J connectivity index is 1.46. The summed E-state index contributed by atoms with van der Waals surface area (Å²) in [5.41, 5.74) is 11.0. The number of amidine groups is 1. The first-order chi connectivity index (χ1) is 26.5. The number of pyridine rings is 1. The van der Waals surface area contributed by atoms with Gasteiger partial charge in [0.1, 0.15) is 24.2 Å². The second kappa shape index (κ2) is 18.8. The maximum atomic E-state index is 13.9. The lowest BCUT2D eigenvalue weighted by molar-refractivity contribution is -0.137. The topological polar surface area (TPSA) is 195 Å². The van der Waals surface area contributed by atoms with Crippen molar-refractivity contribution in [2.24, 2.45) is 11.7 Å². The van der Waals surface area contributed by atoms with Gasteiger partial charge in [-0.05, 0) is 71.5 Å². The molecule has 0 aliphatic rings. The van der Waals surface area contributed by atoms with Crippen LogP contribution in [0.1, 0.15) is 68.2 Å². The summed E-state index contributed by atoms with van der Waals surface area (Å²) in [6.07, 6.45) is 0.309. The molecule has 0 unspecified atom stereocenters. The van der Waals surface area contributed by atoms with E-state index < -0.39 is 29.7 Å². The average Bonchev–Trinajstić information content (AvgIpc) is 3.20. The van der Waals surface area contributed by atoms with Crippen molar-refractivity contribution < 1.29 is 33.5 Å². The van der Waals surface area contributed by atoms with E-state index in [-0.39, 0.29) is 58.8 Å². The summed E-state index contributed by atoms with van der Waals surface area (Å²) in [6, 6.07) is 31.3. The minimum Gasteiger partial charge on any atom is -0.481 e. The van der Waals surface area contributed by atoms with Crippen molar-refractivity contribution in [1.29, 1.82) is 5.41 Å². The highest BCUT2D eigenvalue weighted by Gasteiger charge is 2.26. The molecule has 0 saturated carbocycles. The fourth-order valence-corrected chi connectivity index (χ4v) is 5.54. The lowest BCUT2D eigenvalue weighted by atomic mass is 9.95. The van der Waals surface area contributed by atoms with E-state index in [0.717, 1.165) is 11.1 Å². The number of nitrogen functional groups attached to an aromatic ring is 1. The number of hydrogen-bond acceptors (Lipinski definition) is 9. The minimum atomic E-state index is -0.956. The van der Waals surface area contributed by atoms with Crippen LogP contribution in [0.4, 0.5) is 5.69 Å². The molecule has 5 aromatic rings. The van der Waals surface area contributed by atoms with Gasteiger partial charge < -0.3 is 25.8 Å². The van der Waals surface area contributed by atoms with Crippen molar-refractivity contribution in [2.45, 2.75) is 39.5 Å². The van der Waals surface area contributed by atoms with Crippen molar-refractivity contribution in [1.82, 2.24) is 15.8 Å². The van der Waals surface area contributed by atoms with Gasteiger partial charge in [0.25, 0.3) is 17.7 Å². The molecule has 0 saturated heterocycles. The van der Waals surface area contributed by atoms with Gasteiger partial charge in [0.15, 0.2) is 0 Å². The van der Waals surface area contributed by atoms with Gasteiger partial charge in [0, 0.05) is 28.4 Å². The number of carbonyl (C=O) groups is 4. The monoisotopic (exact) mass is 742 g/mol. The first kappa shape index (κ1) is 39.3. The van der Waals surface area contributed by atoms with Crippen LogP contribution in [0, 0.1) is 11.3 Å². The van der Waals surface area contributed by atoms with Gasteiger partial charge in [0.05, 0.1) is 19.3 Å². The Labute approximate surface area is 318 Å². The third-order valence-corrected chi connectivity index (χ3v) is 8.34. The Morgan fingerprint density at radius 1 is 0.764 bits per heavy atom. The van der Waals surface area contributed by atoms with Gasteiger partial charge in [0.2, 0.25) is 5.88 Å². The number of nitrogens with one attached hydrogen (secondary N) is 4.